The van der Waals surface area contributed by atoms with Crippen LogP contribution in [0, 0.1) is 0 Å². The maximum atomic E-state index is 4.84. The molecular formula is C38H23N5. The predicted octanol–water partition coefficient (Wildman–Crippen LogP) is 9.16. The molecule has 0 aliphatic heterocycles. The van der Waals surface area contributed by atoms with Gasteiger partial charge in [-0.3, -0.25) is 19.9 Å². The summed E-state index contributed by atoms with van der Waals surface area (Å²) in [7, 11) is 0. The van der Waals surface area contributed by atoms with Gasteiger partial charge in [0.25, 0.3) is 0 Å². The molecule has 9 rings (SSSR count). The first kappa shape index (κ1) is 23.7. The van der Waals surface area contributed by atoms with Crippen LogP contribution in [0.2, 0.25) is 0 Å². The van der Waals surface area contributed by atoms with Crippen LogP contribution in [0.4, 0.5) is 0 Å². The van der Waals surface area contributed by atoms with Gasteiger partial charge in [-0.25, -0.2) is 0 Å². The van der Waals surface area contributed by atoms with Gasteiger partial charge in [0.05, 0.1) is 27.8 Å². The number of para-hydroxylation sites is 1. The van der Waals surface area contributed by atoms with E-state index in [0.29, 0.717) is 0 Å². The Balaban J connectivity index is 1.49. The Morgan fingerprint density at radius 3 is 2.02 bits per heavy atom. The average Bonchev–Trinajstić information content (AvgIpc) is 3.43. The van der Waals surface area contributed by atoms with Crippen molar-refractivity contribution in [3.8, 4) is 28.1 Å². The summed E-state index contributed by atoms with van der Waals surface area (Å²) in [6, 6.07) is 38.5. The van der Waals surface area contributed by atoms with Crippen LogP contribution < -0.4 is 0 Å². The van der Waals surface area contributed by atoms with Gasteiger partial charge in [0.15, 0.2) is 0 Å². The van der Waals surface area contributed by atoms with Crippen molar-refractivity contribution in [3.05, 3.63) is 140 Å². The molecule has 0 amide bonds. The van der Waals surface area contributed by atoms with Gasteiger partial charge in [-0.1, -0.05) is 66.7 Å². The van der Waals surface area contributed by atoms with E-state index in [0.717, 1.165) is 66.3 Å². The van der Waals surface area contributed by atoms with Crippen molar-refractivity contribution in [1.29, 1.82) is 0 Å². The van der Waals surface area contributed by atoms with Crippen LogP contribution in [0.3, 0.4) is 0 Å². The van der Waals surface area contributed by atoms with Crippen LogP contribution in [-0.4, -0.2) is 24.5 Å². The highest BCUT2D eigenvalue weighted by Crippen LogP contribution is 2.43. The minimum absolute atomic E-state index is 0.910. The molecule has 4 aromatic heterocycles. The van der Waals surface area contributed by atoms with Crippen molar-refractivity contribution >= 4 is 54.4 Å². The smallest absolute Gasteiger partial charge is 0.0972 e. The highest BCUT2D eigenvalue weighted by atomic mass is 15.0. The number of aromatic nitrogens is 5. The van der Waals surface area contributed by atoms with Crippen LogP contribution in [-0.2, 0) is 0 Å². The third-order valence-corrected chi connectivity index (χ3v) is 8.37. The summed E-state index contributed by atoms with van der Waals surface area (Å²) in [5, 5.41) is 6.92. The molecule has 0 saturated heterocycles. The Labute approximate surface area is 246 Å². The highest BCUT2D eigenvalue weighted by molar-refractivity contribution is 6.32. The van der Waals surface area contributed by atoms with Crippen LogP contribution in [0.1, 0.15) is 0 Å². The molecule has 200 valence electrons. The summed E-state index contributed by atoms with van der Waals surface area (Å²) in [4.78, 5) is 18.8. The van der Waals surface area contributed by atoms with Crippen molar-refractivity contribution in [2.24, 2.45) is 0 Å². The maximum Gasteiger partial charge on any atom is 0.0972 e. The monoisotopic (exact) mass is 549 g/mol. The van der Waals surface area contributed by atoms with Crippen LogP contribution in [0.15, 0.2) is 140 Å². The zero-order chi connectivity index (χ0) is 28.3. The van der Waals surface area contributed by atoms with Crippen molar-refractivity contribution in [2.75, 3.05) is 0 Å². The molecule has 43 heavy (non-hydrogen) atoms. The van der Waals surface area contributed by atoms with Gasteiger partial charge >= 0.3 is 0 Å². The maximum absolute atomic E-state index is 4.84. The minimum Gasteiger partial charge on any atom is -0.309 e. The third kappa shape index (κ3) is 3.58. The zero-order valence-corrected chi connectivity index (χ0v) is 23.0. The Bertz CT molecular complexity index is 2410. The van der Waals surface area contributed by atoms with Gasteiger partial charge in [-0.2, -0.15) is 0 Å². The van der Waals surface area contributed by atoms with Crippen molar-refractivity contribution in [1.82, 2.24) is 24.5 Å². The van der Waals surface area contributed by atoms with E-state index in [-0.39, 0.29) is 0 Å². The molecule has 0 aliphatic rings. The number of rotatable bonds is 3. The van der Waals surface area contributed by atoms with Gasteiger partial charge in [-0.05, 0) is 53.4 Å². The molecule has 9 aromatic rings. The fourth-order valence-corrected chi connectivity index (χ4v) is 6.56. The Hall–Kier alpha value is -5.94. The zero-order valence-electron chi connectivity index (χ0n) is 23.0. The van der Waals surface area contributed by atoms with Crippen LogP contribution >= 0.6 is 0 Å². The standard InChI is InChI=1S/C38H23N5/c1-2-11-30-29(10-1)35-32(37-36(30)41-18-19-42-37)15-14-31-28-9-3-4-13-34(28)43(38(31)35)27-21-25(24-8-7-16-39-23-24)20-26(22-27)33-12-5-6-17-40-33/h1-23H. The Kier molecular flexibility index (Phi) is 5.13. The first-order valence-electron chi connectivity index (χ1n) is 14.3. The summed E-state index contributed by atoms with van der Waals surface area (Å²) in [5.74, 6) is 0. The molecule has 0 fully saturated rings. The number of pyridine rings is 2. The number of hydrogen-bond acceptors (Lipinski definition) is 4. The Morgan fingerprint density at radius 1 is 0.465 bits per heavy atom. The van der Waals surface area contributed by atoms with Gasteiger partial charge < -0.3 is 4.57 Å². The summed E-state index contributed by atoms with van der Waals surface area (Å²) in [6.07, 6.45) is 9.13. The predicted molar refractivity (Wildman–Crippen MR) is 175 cm³/mol. The fourth-order valence-electron chi connectivity index (χ4n) is 6.56. The third-order valence-electron chi connectivity index (χ3n) is 8.37. The van der Waals surface area contributed by atoms with Gasteiger partial charge in [0, 0.05) is 74.7 Å². The molecule has 5 aromatic carbocycles. The normalized spacial score (nSPS) is 11.7. The van der Waals surface area contributed by atoms with E-state index in [1.165, 1.54) is 16.2 Å². The van der Waals surface area contributed by atoms with E-state index in [4.69, 9.17) is 15.0 Å². The quantitative estimate of drug-likeness (QED) is 0.206. The number of fused-ring (bicyclic) bond motifs is 10. The highest BCUT2D eigenvalue weighted by Gasteiger charge is 2.20. The SMILES string of the molecule is c1ccc(-c2cc(-c3cccnc3)cc(-n3c4ccccc4c4ccc5c6nccnc6c6ccccc6c5c43)c2)nc1. The second-order valence-electron chi connectivity index (χ2n) is 10.8. The van der Waals surface area contributed by atoms with E-state index in [1.807, 2.05) is 36.8 Å². The molecule has 0 aliphatic carbocycles. The molecule has 4 heterocycles. The molecule has 0 N–H and O–H groups in total. The molecule has 0 radical (unpaired) electrons. The Morgan fingerprint density at radius 2 is 1.21 bits per heavy atom. The lowest BCUT2D eigenvalue weighted by atomic mass is 9.97. The van der Waals surface area contributed by atoms with Crippen molar-refractivity contribution < 1.29 is 0 Å². The summed E-state index contributed by atoms with van der Waals surface area (Å²) in [5.41, 5.74) is 9.29. The van der Waals surface area contributed by atoms with E-state index in [1.54, 1.807) is 12.4 Å². The van der Waals surface area contributed by atoms with E-state index < -0.39 is 0 Å². The molecule has 0 spiro atoms. The second-order valence-corrected chi connectivity index (χ2v) is 10.8. The lowest BCUT2D eigenvalue weighted by molar-refractivity contribution is 1.18. The number of hydrogen-bond donors (Lipinski definition) is 0. The summed E-state index contributed by atoms with van der Waals surface area (Å²) < 4.78 is 2.41. The van der Waals surface area contributed by atoms with Gasteiger partial charge in [0.2, 0.25) is 0 Å². The van der Waals surface area contributed by atoms with Crippen molar-refractivity contribution in [2.45, 2.75) is 0 Å². The lowest BCUT2D eigenvalue weighted by Gasteiger charge is -2.16. The van der Waals surface area contributed by atoms with E-state index >= 15 is 0 Å². The topological polar surface area (TPSA) is 56.5 Å². The first-order chi connectivity index (χ1) is 21.3. The van der Waals surface area contributed by atoms with Gasteiger partial charge in [0.1, 0.15) is 0 Å². The number of benzene rings is 5. The van der Waals surface area contributed by atoms with Crippen LogP contribution in [0.25, 0.3) is 82.5 Å². The minimum atomic E-state index is 0.910. The molecule has 0 bridgehead atoms. The fraction of sp³-hybridized carbons (Fsp3) is 0. The van der Waals surface area contributed by atoms with Crippen molar-refractivity contribution in [3.63, 3.8) is 0 Å². The largest absolute Gasteiger partial charge is 0.309 e. The average molecular weight is 550 g/mol. The van der Waals surface area contributed by atoms with E-state index in [2.05, 4.69) is 101 Å². The molecule has 0 unspecified atom stereocenters. The summed E-state index contributed by atoms with van der Waals surface area (Å²) in [6.45, 7) is 0. The summed E-state index contributed by atoms with van der Waals surface area (Å²) >= 11 is 0. The number of nitrogens with zero attached hydrogens (tertiary/aromatic N) is 5. The van der Waals surface area contributed by atoms with E-state index in [9.17, 15) is 0 Å². The van der Waals surface area contributed by atoms with Gasteiger partial charge in [-0.15, -0.1) is 0 Å². The second kappa shape index (κ2) is 9.29. The molecule has 5 nitrogen and oxygen atoms in total. The lowest BCUT2D eigenvalue weighted by Crippen LogP contribution is -1.98. The molecule has 0 atom stereocenters. The van der Waals surface area contributed by atoms with Crippen LogP contribution in [0.5, 0.6) is 0 Å². The molecular weight excluding hydrogens is 526 g/mol. The molecule has 5 heteroatoms. The molecule has 0 saturated carbocycles. The first-order valence-corrected chi connectivity index (χ1v) is 14.3.